The van der Waals surface area contributed by atoms with Crippen LogP contribution in [0.2, 0.25) is 0 Å². The van der Waals surface area contributed by atoms with Crippen LogP contribution >= 0.6 is 69.6 Å². The minimum absolute atomic E-state index is 1.17. The Bertz CT molecular complexity index is 297. The van der Waals surface area contributed by atoms with Crippen molar-refractivity contribution < 1.29 is 25.0 Å². The molecule has 108 valence electrons. The molecule has 13 heteroatoms. The van der Waals surface area contributed by atoms with Crippen LogP contribution in [-0.4, -0.2) is 49.7 Å². The van der Waals surface area contributed by atoms with E-state index in [1.165, 1.54) is 0 Å². The van der Waals surface area contributed by atoms with Gasteiger partial charge in [0.05, 0.1) is 0 Å². The van der Waals surface area contributed by atoms with Crippen molar-refractivity contribution in [1.29, 1.82) is 0 Å². The summed E-state index contributed by atoms with van der Waals surface area (Å²) in [7, 11) is 0. The number of carbonyl (C=O) groups excluding carboxylic acids is 3. The first kappa shape index (κ1) is 19.8. The third kappa shape index (κ3) is 8.62. The summed E-state index contributed by atoms with van der Waals surface area (Å²) in [5, 5.41) is 0. The molecule has 0 saturated carbocycles. The van der Waals surface area contributed by atoms with E-state index >= 15 is 0 Å². The molecule has 0 bridgehead atoms. The van der Waals surface area contributed by atoms with Crippen LogP contribution in [0.3, 0.4) is 0 Å². The average molecular weight is 454 g/mol. The Morgan fingerprint density at radius 3 is 1.00 bits per heavy atom. The predicted octanol–water partition coefficient (Wildman–Crippen LogP) is 2.01. The molecule has 0 aliphatic rings. The quantitative estimate of drug-likeness (QED) is 0.452. The monoisotopic (exact) mass is 450 g/mol. The van der Waals surface area contributed by atoms with Gasteiger partial charge in [-0.1, -0.05) is 0 Å². The van der Waals surface area contributed by atoms with Crippen molar-refractivity contribution >= 4 is 105 Å². The van der Waals surface area contributed by atoms with E-state index in [2.05, 4.69) is 10.6 Å². The fraction of sp³-hybridized carbons (Fsp3) is 0.500. The second-order valence-electron chi connectivity index (χ2n) is 2.50. The maximum atomic E-state index is 11.1. The van der Waals surface area contributed by atoms with Gasteiger partial charge in [0, 0.05) is 0 Å². The Labute approximate surface area is 143 Å². The van der Waals surface area contributed by atoms with E-state index < -0.39 is 49.7 Å². The molecule has 0 aromatic heterocycles. The van der Waals surface area contributed by atoms with Crippen molar-refractivity contribution in [3.63, 3.8) is 0 Å². The van der Waals surface area contributed by atoms with Crippen LogP contribution in [0.4, 0.5) is 0 Å². The van der Waals surface area contributed by atoms with Crippen molar-refractivity contribution in [2.45, 2.75) is 14.5 Å². The van der Waals surface area contributed by atoms with E-state index in [4.69, 9.17) is 69.6 Å². The first-order valence-corrected chi connectivity index (χ1v) is 9.69. The molecule has 0 aromatic rings. The maximum absolute atomic E-state index is 11.1. The normalized spacial score (nSPS) is 10.6. The van der Waals surface area contributed by atoms with E-state index in [9.17, 15) is 14.4 Å². The van der Waals surface area contributed by atoms with Gasteiger partial charge in [-0.25, -0.2) is 0 Å². The van der Waals surface area contributed by atoms with E-state index in [1.54, 1.807) is 0 Å². The third-order valence-electron chi connectivity index (χ3n) is 1.17. The molecule has 0 radical (unpaired) electrons. The summed E-state index contributed by atoms with van der Waals surface area (Å²) in [6, 6.07) is 0. The zero-order chi connectivity index (χ0) is 15.2. The van der Waals surface area contributed by atoms with Gasteiger partial charge in [0.1, 0.15) is 0 Å². The molecular weight excluding hydrogens is 451 g/mol. The third-order valence-corrected chi connectivity index (χ3v) is 4.91. The molecule has 0 heterocycles. The molecule has 0 fully saturated rings. The number of hydrogen-bond donors (Lipinski definition) is 0. The van der Waals surface area contributed by atoms with Crippen LogP contribution in [0.1, 0.15) is 0 Å². The second-order valence-corrected chi connectivity index (χ2v) is 8.49. The van der Waals surface area contributed by atoms with Gasteiger partial charge in [-0.15, -0.1) is 0 Å². The first-order valence-electron chi connectivity index (χ1n) is 4.11. The molecule has 0 spiro atoms. The molecule has 0 N–H and O–H groups in total. The van der Waals surface area contributed by atoms with Crippen molar-refractivity contribution in [2.24, 2.45) is 0 Å². The van der Waals surface area contributed by atoms with Crippen LogP contribution in [0.25, 0.3) is 0 Å². The Kier molecular flexibility index (Phi) is 10.1. The van der Waals surface area contributed by atoms with Gasteiger partial charge in [-0.3, -0.25) is 0 Å². The van der Waals surface area contributed by atoms with Crippen LogP contribution in [0, 0.1) is 0 Å². The van der Waals surface area contributed by atoms with Crippen LogP contribution < -0.4 is 0 Å². The average Bonchev–Trinajstić information content (AvgIpc) is 2.27. The van der Waals surface area contributed by atoms with Gasteiger partial charge in [-0.2, -0.15) is 0 Å². The second kappa shape index (κ2) is 9.67. The van der Waals surface area contributed by atoms with E-state index in [0.717, 1.165) is 0 Å². The molecule has 19 heavy (non-hydrogen) atoms. The van der Waals surface area contributed by atoms with Gasteiger partial charge in [0.2, 0.25) is 0 Å². The SMILES string of the molecule is O=C([O][Ga]([O]C(=O)C(Cl)Cl)[O]C(=O)C(Cl)Cl)C(Cl)Cl. The summed E-state index contributed by atoms with van der Waals surface area (Å²) in [6.07, 6.45) is 0. The molecule has 0 unspecified atom stereocenters. The molecular formula is C6H3Cl6GaO6. The van der Waals surface area contributed by atoms with Gasteiger partial charge in [0.15, 0.2) is 0 Å². The van der Waals surface area contributed by atoms with Gasteiger partial charge >= 0.3 is 144 Å². The number of alkyl halides is 6. The Balaban J connectivity index is 4.68. The minimum atomic E-state index is -4.16. The topological polar surface area (TPSA) is 78.9 Å². The zero-order valence-electron chi connectivity index (χ0n) is 8.53. The van der Waals surface area contributed by atoms with Crippen molar-refractivity contribution in [3.05, 3.63) is 0 Å². The summed E-state index contributed by atoms with van der Waals surface area (Å²) in [4.78, 5) is 28.6. The number of rotatable bonds is 6. The summed E-state index contributed by atoms with van der Waals surface area (Å²) < 4.78 is 13.6. The molecule has 0 aliphatic carbocycles. The van der Waals surface area contributed by atoms with Crippen molar-refractivity contribution in [3.8, 4) is 0 Å². The fourth-order valence-electron chi connectivity index (χ4n) is 0.511. The molecule has 0 aromatic carbocycles. The molecule has 0 saturated heterocycles. The van der Waals surface area contributed by atoms with E-state index in [1.807, 2.05) is 0 Å². The Hall–Kier alpha value is 0.786. The summed E-state index contributed by atoms with van der Waals surface area (Å²) in [5.74, 6) is -3.51. The molecule has 0 amide bonds. The first-order chi connectivity index (χ1) is 8.65. The van der Waals surface area contributed by atoms with Gasteiger partial charge in [0.25, 0.3) is 0 Å². The number of hydrogen-bond acceptors (Lipinski definition) is 6. The molecule has 0 aliphatic heterocycles. The Morgan fingerprint density at radius 2 is 0.842 bits per heavy atom. The molecule has 0 atom stereocenters. The van der Waals surface area contributed by atoms with Gasteiger partial charge in [-0.05, 0) is 0 Å². The predicted molar refractivity (Wildman–Crippen MR) is 70.5 cm³/mol. The fourth-order valence-corrected chi connectivity index (χ4v) is 4.26. The number of carbonyl (C=O) groups is 3. The Morgan fingerprint density at radius 1 is 0.632 bits per heavy atom. The van der Waals surface area contributed by atoms with Crippen molar-refractivity contribution in [2.75, 3.05) is 0 Å². The summed E-state index contributed by atoms with van der Waals surface area (Å²) in [6.45, 7) is 0. The zero-order valence-corrected chi connectivity index (χ0v) is 15.5. The summed E-state index contributed by atoms with van der Waals surface area (Å²) >= 11 is 27.1. The number of halogens is 6. The van der Waals surface area contributed by atoms with E-state index in [0.29, 0.717) is 0 Å². The molecule has 6 nitrogen and oxygen atoms in total. The standard InChI is InChI=1S/3C2H2Cl2O2.Ga/c3*3-1(4)2(5)6;/h3*1H,(H,5,6);/q;;;+3/p-3. The summed E-state index contributed by atoms with van der Waals surface area (Å²) in [5.41, 5.74) is 0. The van der Waals surface area contributed by atoms with Crippen LogP contribution in [0.15, 0.2) is 0 Å². The molecule has 0 rings (SSSR count). The van der Waals surface area contributed by atoms with Crippen LogP contribution in [-0.2, 0) is 25.0 Å². The van der Waals surface area contributed by atoms with Crippen LogP contribution in [0.5, 0.6) is 0 Å². The van der Waals surface area contributed by atoms with Crippen molar-refractivity contribution in [1.82, 2.24) is 0 Å². The van der Waals surface area contributed by atoms with Gasteiger partial charge < -0.3 is 0 Å². The van der Waals surface area contributed by atoms with E-state index in [-0.39, 0.29) is 0 Å².